The van der Waals surface area contributed by atoms with Gasteiger partial charge in [0.25, 0.3) is 5.91 Å². The summed E-state index contributed by atoms with van der Waals surface area (Å²) < 4.78 is 31.7. The molecule has 4 rings (SSSR count). The fourth-order valence-corrected chi connectivity index (χ4v) is 3.28. The summed E-state index contributed by atoms with van der Waals surface area (Å²) in [5, 5.41) is 0. The van der Waals surface area contributed by atoms with Crippen molar-refractivity contribution in [3.8, 4) is 11.3 Å². The van der Waals surface area contributed by atoms with Crippen molar-refractivity contribution in [2.75, 3.05) is 13.1 Å². The lowest BCUT2D eigenvalue weighted by Gasteiger charge is -2.31. The molecular weight excluding hydrogens is 352 g/mol. The number of carbonyl (C=O) groups is 1. The van der Waals surface area contributed by atoms with E-state index in [9.17, 15) is 13.6 Å². The van der Waals surface area contributed by atoms with Crippen molar-refractivity contribution in [1.82, 2.24) is 14.9 Å². The smallest absolute Gasteiger partial charge is 0.255 e. The Morgan fingerprint density at radius 1 is 1.15 bits per heavy atom. The van der Waals surface area contributed by atoms with Crippen LogP contribution in [0.5, 0.6) is 0 Å². The second-order valence-corrected chi connectivity index (χ2v) is 6.54. The average Bonchev–Trinajstić information content (AvgIpc) is 3.19. The molecule has 1 fully saturated rings. The molecule has 7 heteroatoms. The molecule has 2 aromatic heterocycles. The summed E-state index contributed by atoms with van der Waals surface area (Å²) in [6, 6.07) is 8.66. The number of carbonyl (C=O) groups excluding carboxylic acids is 1. The fourth-order valence-electron chi connectivity index (χ4n) is 3.28. The Hall–Kier alpha value is -3.09. The van der Waals surface area contributed by atoms with Crippen LogP contribution >= 0.6 is 0 Å². The molecule has 0 spiro atoms. The molecule has 3 heterocycles. The highest BCUT2D eigenvalue weighted by Gasteiger charge is 2.28. The van der Waals surface area contributed by atoms with E-state index in [1.54, 1.807) is 23.3 Å². The minimum absolute atomic E-state index is 0.0229. The van der Waals surface area contributed by atoms with E-state index < -0.39 is 5.95 Å². The molecule has 27 heavy (non-hydrogen) atoms. The summed E-state index contributed by atoms with van der Waals surface area (Å²) in [5.74, 6) is -0.567. The molecule has 1 saturated heterocycles. The lowest BCUT2D eigenvalue weighted by molar-refractivity contribution is 0.0697. The number of oxazole rings is 1. The van der Waals surface area contributed by atoms with Crippen LogP contribution < -0.4 is 0 Å². The Morgan fingerprint density at radius 2 is 1.96 bits per heavy atom. The van der Waals surface area contributed by atoms with Crippen molar-refractivity contribution in [1.29, 1.82) is 0 Å². The first kappa shape index (κ1) is 17.3. The van der Waals surface area contributed by atoms with Gasteiger partial charge in [0.1, 0.15) is 17.8 Å². The maximum atomic E-state index is 13.1. The van der Waals surface area contributed by atoms with Gasteiger partial charge in [0.15, 0.2) is 5.89 Å². The van der Waals surface area contributed by atoms with Gasteiger partial charge in [0.05, 0.1) is 11.5 Å². The molecule has 5 nitrogen and oxygen atoms in total. The molecule has 1 amide bonds. The minimum atomic E-state index is -0.615. The molecule has 0 saturated carbocycles. The van der Waals surface area contributed by atoms with Gasteiger partial charge < -0.3 is 9.32 Å². The van der Waals surface area contributed by atoms with E-state index >= 15 is 0 Å². The first-order chi connectivity index (χ1) is 13.1. The lowest BCUT2D eigenvalue weighted by atomic mass is 9.97. The SMILES string of the molecule is O=C(c1ccc(F)nc1)N1CCC[C@H](c2nc(-c3ccc(F)cc3)co2)C1. The number of likely N-dealkylation sites (tertiary alicyclic amines) is 1. The first-order valence-corrected chi connectivity index (χ1v) is 8.72. The number of rotatable bonds is 3. The molecule has 0 radical (unpaired) electrons. The van der Waals surface area contributed by atoms with Gasteiger partial charge in [-0.2, -0.15) is 4.39 Å². The van der Waals surface area contributed by atoms with Gasteiger partial charge in [-0.05, 0) is 49.2 Å². The van der Waals surface area contributed by atoms with E-state index in [0.717, 1.165) is 18.4 Å². The number of amides is 1. The number of hydrogen-bond acceptors (Lipinski definition) is 4. The van der Waals surface area contributed by atoms with Crippen LogP contribution in [0, 0.1) is 11.8 Å². The third kappa shape index (κ3) is 3.72. The van der Waals surface area contributed by atoms with E-state index in [1.165, 1.54) is 30.5 Å². The number of halogens is 2. The van der Waals surface area contributed by atoms with Crippen molar-refractivity contribution in [2.24, 2.45) is 0 Å². The Bertz CT molecular complexity index is 939. The van der Waals surface area contributed by atoms with Gasteiger partial charge in [0.2, 0.25) is 5.95 Å². The predicted molar refractivity (Wildman–Crippen MR) is 94.0 cm³/mol. The molecule has 0 bridgehead atoms. The average molecular weight is 369 g/mol. The highest BCUT2D eigenvalue weighted by Crippen LogP contribution is 2.29. The molecule has 0 unspecified atom stereocenters. The lowest BCUT2D eigenvalue weighted by Crippen LogP contribution is -2.39. The Labute approximate surface area is 154 Å². The number of pyridine rings is 1. The molecule has 3 aromatic rings. The topological polar surface area (TPSA) is 59.2 Å². The third-order valence-electron chi connectivity index (χ3n) is 4.69. The van der Waals surface area contributed by atoms with Gasteiger partial charge in [-0.25, -0.2) is 14.4 Å². The number of hydrogen-bond donors (Lipinski definition) is 0. The zero-order chi connectivity index (χ0) is 18.8. The van der Waals surface area contributed by atoms with Crippen LogP contribution in [-0.2, 0) is 0 Å². The quantitative estimate of drug-likeness (QED) is 0.654. The van der Waals surface area contributed by atoms with Crippen LogP contribution in [0.25, 0.3) is 11.3 Å². The van der Waals surface area contributed by atoms with E-state index in [1.807, 2.05) is 0 Å². The highest BCUT2D eigenvalue weighted by molar-refractivity contribution is 5.94. The summed E-state index contributed by atoms with van der Waals surface area (Å²) in [5.41, 5.74) is 1.76. The fraction of sp³-hybridized carbons (Fsp3) is 0.250. The number of piperidine rings is 1. The third-order valence-corrected chi connectivity index (χ3v) is 4.69. The second-order valence-electron chi connectivity index (χ2n) is 6.54. The van der Waals surface area contributed by atoms with E-state index in [0.29, 0.717) is 30.2 Å². The van der Waals surface area contributed by atoms with Crippen LogP contribution in [0.2, 0.25) is 0 Å². The summed E-state index contributed by atoms with van der Waals surface area (Å²) in [4.78, 5) is 22.4. The molecule has 1 aliphatic rings. The summed E-state index contributed by atoms with van der Waals surface area (Å²) in [6.07, 6.45) is 4.47. The van der Waals surface area contributed by atoms with Crippen molar-refractivity contribution in [3.05, 3.63) is 72.1 Å². The van der Waals surface area contributed by atoms with E-state index in [4.69, 9.17) is 4.42 Å². The zero-order valence-electron chi connectivity index (χ0n) is 14.4. The monoisotopic (exact) mass is 369 g/mol. The zero-order valence-corrected chi connectivity index (χ0v) is 14.4. The second kappa shape index (κ2) is 7.26. The van der Waals surface area contributed by atoms with Crippen LogP contribution in [0.1, 0.15) is 35.0 Å². The van der Waals surface area contributed by atoms with Crippen molar-refractivity contribution in [2.45, 2.75) is 18.8 Å². The molecular formula is C20H17F2N3O2. The van der Waals surface area contributed by atoms with Crippen molar-refractivity contribution in [3.63, 3.8) is 0 Å². The van der Waals surface area contributed by atoms with Crippen molar-refractivity contribution >= 4 is 5.91 Å². The Balaban J connectivity index is 1.49. The molecule has 1 aromatic carbocycles. The van der Waals surface area contributed by atoms with E-state index in [-0.39, 0.29) is 17.6 Å². The molecule has 1 aliphatic heterocycles. The van der Waals surface area contributed by atoms with Gasteiger partial charge in [-0.15, -0.1) is 0 Å². The van der Waals surface area contributed by atoms with Crippen LogP contribution in [0.3, 0.4) is 0 Å². The largest absolute Gasteiger partial charge is 0.448 e. The minimum Gasteiger partial charge on any atom is -0.448 e. The molecule has 0 N–H and O–H groups in total. The standard InChI is InChI=1S/C20H17F2N3O2/c21-16-6-3-13(4-7-16)17-12-27-19(24-17)15-2-1-9-25(11-15)20(26)14-5-8-18(22)23-10-14/h3-8,10,12,15H,1-2,9,11H2/t15-/m0/s1. The number of aromatic nitrogens is 2. The van der Waals surface area contributed by atoms with Crippen LogP contribution in [0.15, 0.2) is 53.3 Å². The summed E-state index contributed by atoms with van der Waals surface area (Å²) in [7, 11) is 0. The normalized spacial score (nSPS) is 17.1. The maximum Gasteiger partial charge on any atom is 0.255 e. The van der Waals surface area contributed by atoms with Crippen LogP contribution in [-0.4, -0.2) is 33.9 Å². The number of benzene rings is 1. The summed E-state index contributed by atoms with van der Waals surface area (Å²) >= 11 is 0. The molecule has 1 atom stereocenters. The highest BCUT2D eigenvalue weighted by atomic mass is 19.1. The van der Waals surface area contributed by atoms with Crippen LogP contribution in [0.4, 0.5) is 8.78 Å². The van der Waals surface area contributed by atoms with Gasteiger partial charge >= 0.3 is 0 Å². The first-order valence-electron chi connectivity index (χ1n) is 8.72. The number of nitrogens with zero attached hydrogens (tertiary/aromatic N) is 3. The van der Waals surface area contributed by atoms with Gasteiger partial charge in [-0.1, -0.05) is 0 Å². The molecule has 0 aliphatic carbocycles. The van der Waals surface area contributed by atoms with E-state index in [2.05, 4.69) is 9.97 Å². The Morgan fingerprint density at radius 3 is 2.70 bits per heavy atom. The van der Waals surface area contributed by atoms with Gasteiger partial charge in [-0.3, -0.25) is 4.79 Å². The van der Waals surface area contributed by atoms with Gasteiger partial charge in [0, 0.05) is 24.8 Å². The molecule has 138 valence electrons. The Kier molecular flexibility index (Phi) is 4.66. The summed E-state index contributed by atoms with van der Waals surface area (Å²) in [6.45, 7) is 1.10. The predicted octanol–water partition coefficient (Wildman–Crippen LogP) is 4.03. The maximum absolute atomic E-state index is 13.1. The van der Waals surface area contributed by atoms with Crippen molar-refractivity contribution < 1.29 is 18.0 Å².